The van der Waals surface area contributed by atoms with Crippen LogP contribution in [0, 0.1) is 11.3 Å². The van der Waals surface area contributed by atoms with Crippen molar-refractivity contribution in [3.05, 3.63) is 41.6 Å². The summed E-state index contributed by atoms with van der Waals surface area (Å²) in [4.78, 5) is 25.5. The number of rotatable bonds is 4. The van der Waals surface area contributed by atoms with Crippen LogP contribution in [-0.4, -0.2) is 41.9 Å². The lowest BCUT2D eigenvalue weighted by atomic mass is 10.1. The summed E-state index contributed by atoms with van der Waals surface area (Å²) in [7, 11) is 0. The largest absolute Gasteiger partial charge is 0.372 e. The van der Waals surface area contributed by atoms with Crippen LogP contribution in [0.15, 0.2) is 36.0 Å². The molecule has 1 N–H and O–H groups in total. The number of nitrogens with one attached hydrogen (secondary N) is 1. The van der Waals surface area contributed by atoms with Crippen molar-refractivity contribution in [1.82, 2.24) is 4.90 Å². The molecule has 0 saturated carbocycles. The van der Waals surface area contributed by atoms with E-state index >= 15 is 0 Å². The van der Waals surface area contributed by atoms with E-state index in [4.69, 9.17) is 4.74 Å². The maximum atomic E-state index is 12.3. The number of hydrogen-bond donors (Lipinski definition) is 1. The van der Waals surface area contributed by atoms with Crippen LogP contribution in [0.25, 0.3) is 0 Å². The summed E-state index contributed by atoms with van der Waals surface area (Å²) in [5.74, 6) is -0.513. The van der Waals surface area contributed by atoms with Crippen molar-refractivity contribution in [2.45, 2.75) is 33.0 Å². The first-order valence-corrected chi connectivity index (χ1v) is 7.83. The molecule has 126 valence electrons. The van der Waals surface area contributed by atoms with Gasteiger partial charge in [-0.15, -0.1) is 0 Å². The molecule has 1 aromatic rings. The smallest absolute Gasteiger partial charge is 0.267 e. The number of carbonyl (C=O) groups is 2. The zero-order chi connectivity index (χ0) is 17.7. The molecule has 0 aromatic heterocycles. The molecule has 2 unspecified atom stereocenters. The summed E-state index contributed by atoms with van der Waals surface area (Å²) in [5.41, 5.74) is 1.14. The molecule has 1 heterocycles. The second kappa shape index (κ2) is 7.75. The van der Waals surface area contributed by atoms with E-state index in [9.17, 15) is 14.9 Å². The predicted molar refractivity (Wildman–Crippen MR) is 90.4 cm³/mol. The Kier molecular flexibility index (Phi) is 5.72. The van der Waals surface area contributed by atoms with E-state index in [1.54, 1.807) is 30.5 Å². The van der Waals surface area contributed by atoms with Gasteiger partial charge in [-0.25, -0.2) is 0 Å². The Morgan fingerprint density at radius 2 is 1.83 bits per heavy atom. The van der Waals surface area contributed by atoms with E-state index in [0.717, 1.165) is 0 Å². The highest BCUT2D eigenvalue weighted by atomic mass is 16.5. The number of morpholine rings is 1. The van der Waals surface area contributed by atoms with Crippen molar-refractivity contribution in [1.29, 1.82) is 5.26 Å². The third kappa shape index (κ3) is 4.67. The first kappa shape index (κ1) is 17.7. The van der Waals surface area contributed by atoms with Gasteiger partial charge < -0.3 is 15.0 Å². The molecule has 1 amide bonds. The Morgan fingerprint density at radius 1 is 1.25 bits per heavy atom. The molecule has 0 aliphatic carbocycles. The van der Waals surface area contributed by atoms with Crippen LogP contribution in [0.1, 0.15) is 31.1 Å². The highest BCUT2D eigenvalue weighted by Crippen LogP contribution is 2.14. The van der Waals surface area contributed by atoms with Gasteiger partial charge in [0.2, 0.25) is 0 Å². The van der Waals surface area contributed by atoms with Crippen molar-refractivity contribution < 1.29 is 14.3 Å². The van der Waals surface area contributed by atoms with Gasteiger partial charge in [-0.2, -0.15) is 5.26 Å². The van der Waals surface area contributed by atoms with Gasteiger partial charge in [0, 0.05) is 30.5 Å². The number of amides is 1. The van der Waals surface area contributed by atoms with E-state index in [0.29, 0.717) is 24.3 Å². The molecule has 0 spiro atoms. The highest BCUT2D eigenvalue weighted by Gasteiger charge is 2.21. The normalized spacial score (nSPS) is 21.1. The Morgan fingerprint density at radius 3 is 2.33 bits per heavy atom. The van der Waals surface area contributed by atoms with Crippen molar-refractivity contribution >= 4 is 17.4 Å². The number of nitriles is 1. The zero-order valence-electron chi connectivity index (χ0n) is 14.1. The minimum absolute atomic E-state index is 0.0342. The number of carbonyl (C=O) groups excluding carboxylic acids is 2. The summed E-state index contributed by atoms with van der Waals surface area (Å²) in [6.45, 7) is 6.67. The Bertz CT molecular complexity index is 678. The highest BCUT2D eigenvalue weighted by molar-refractivity contribution is 6.06. The number of anilines is 1. The molecule has 1 aromatic carbocycles. The molecule has 1 aliphatic heterocycles. The number of Topliss-reactive ketones (excluding diaryl/α,β-unsaturated/α-hetero) is 1. The quantitative estimate of drug-likeness (QED) is 0.521. The lowest BCUT2D eigenvalue weighted by Crippen LogP contribution is -2.43. The van der Waals surface area contributed by atoms with Gasteiger partial charge in [-0.05, 0) is 45.0 Å². The SMILES string of the molecule is CC(=O)c1ccc(NC(=O)/C(C#N)=C\N2CC(C)OC(C)C2)cc1. The second-order valence-electron chi connectivity index (χ2n) is 5.95. The Hall–Kier alpha value is -2.65. The molecule has 1 fully saturated rings. The van der Waals surface area contributed by atoms with Crippen LogP contribution in [0.2, 0.25) is 0 Å². The van der Waals surface area contributed by atoms with E-state index in [1.807, 2.05) is 24.8 Å². The van der Waals surface area contributed by atoms with Crippen LogP contribution < -0.4 is 5.32 Å². The van der Waals surface area contributed by atoms with Gasteiger partial charge in [0.25, 0.3) is 5.91 Å². The summed E-state index contributed by atoms with van der Waals surface area (Å²) < 4.78 is 5.64. The van der Waals surface area contributed by atoms with E-state index in [-0.39, 0.29) is 23.6 Å². The van der Waals surface area contributed by atoms with Gasteiger partial charge in [0.15, 0.2) is 5.78 Å². The van der Waals surface area contributed by atoms with Gasteiger partial charge >= 0.3 is 0 Å². The van der Waals surface area contributed by atoms with Crippen molar-refractivity contribution in [3.8, 4) is 6.07 Å². The molecule has 2 rings (SSSR count). The van der Waals surface area contributed by atoms with Crippen molar-refractivity contribution in [2.75, 3.05) is 18.4 Å². The monoisotopic (exact) mass is 327 g/mol. The molecule has 6 nitrogen and oxygen atoms in total. The van der Waals surface area contributed by atoms with Gasteiger partial charge in [-0.1, -0.05) is 0 Å². The topological polar surface area (TPSA) is 82.4 Å². The summed E-state index contributed by atoms with van der Waals surface area (Å²) in [6.07, 6.45) is 1.67. The summed E-state index contributed by atoms with van der Waals surface area (Å²) in [5, 5.41) is 11.9. The molecule has 1 aliphatic rings. The number of benzene rings is 1. The van der Waals surface area contributed by atoms with E-state index in [1.165, 1.54) is 6.92 Å². The maximum absolute atomic E-state index is 12.3. The summed E-state index contributed by atoms with van der Waals surface area (Å²) >= 11 is 0. The van der Waals surface area contributed by atoms with Gasteiger partial charge in [-0.3, -0.25) is 9.59 Å². The fraction of sp³-hybridized carbons (Fsp3) is 0.389. The summed E-state index contributed by atoms with van der Waals surface area (Å²) in [6, 6.07) is 8.50. The van der Waals surface area contributed by atoms with Crippen molar-refractivity contribution in [3.63, 3.8) is 0 Å². The molecule has 1 saturated heterocycles. The van der Waals surface area contributed by atoms with E-state index in [2.05, 4.69) is 5.32 Å². The van der Waals surface area contributed by atoms with Crippen LogP contribution >= 0.6 is 0 Å². The lowest BCUT2D eigenvalue weighted by molar-refractivity contribution is -0.112. The Labute approximate surface area is 141 Å². The number of ketones is 1. The number of nitrogens with zero attached hydrogens (tertiary/aromatic N) is 2. The van der Waals surface area contributed by atoms with Crippen LogP contribution in [0.5, 0.6) is 0 Å². The third-order valence-electron chi connectivity index (χ3n) is 3.67. The average Bonchev–Trinajstić information content (AvgIpc) is 2.52. The van der Waals surface area contributed by atoms with Gasteiger partial charge in [0.1, 0.15) is 11.6 Å². The number of hydrogen-bond acceptors (Lipinski definition) is 5. The lowest BCUT2D eigenvalue weighted by Gasteiger charge is -2.34. The number of ether oxygens (including phenoxy) is 1. The minimum atomic E-state index is -0.472. The van der Waals surface area contributed by atoms with E-state index < -0.39 is 5.91 Å². The molecular formula is C18H21N3O3. The minimum Gasteiger partial charge on any atom is -0.372 e. The standard InChI is InChI=1S/C18H21N3O3/c1-12-9-21(10-13(2)24-12)11-16(8-19)18(23)20-17-6-4-15(5-7-17)14(3)22/h4-7,11-13H,9-10H2,1-3H3,(H,20,23)/b16-11-. The second-order valence-corrected chi connectivity index (χ2v) is 5.95. The maximum Gasteiger partial charge on any atom is 0.267 e. The average molecular weight is 327 g/mol. The zero-order valence-corrected chi connectivity index (χ0v) is 14.1. The predicted octanol–water partition coefficient (Wildman–Crippen LogP) is 2.34. The third-order valence-corrected chi connectivity index (χ3v) is 3.67. The molecule has 6 heteroatoms. The molecular weight excluding hydrogens is 306 g/mol. The van der Waals surface area contributed by atoms with Gasteiger partial charge in [0.05, 0.1) is 12.2 Å². The van der Waals surface area contributed by atoms with Crippen molar-refractivity contribution in [2.24, 2.45) is 0 Å². The molecule has 0 radical (unpaired) electrons. The molecule has 2 atom stereocenters. The Balaban J connectivity index is 2.07. The fourth-order valence-electron chi connectivity index (χ4n) is 2.63. The van der Waals surface area contributed by atoms with Crippen LogP contribution in [-0.2, 0) is 9.53 Å². The first-order chi connectivity index (χ1) is 11.4. The van der Waals surface area contributed by atoms with Crippen LogP contribution in [0.4, 0.5) is 5.69 Å². The molecule has 24 heavy (non-hydrogen) atoms. The first-order valence-electron chi connectivity index (χ1n) is 7.83. The molecule has 0 bridgehead atoms. The van der Waals surface area contributed by atoms with Crippen LogP contribution in [0.3, 0.4) is 0 Å². The fourth-order valence-corrected chi connectivity index (χ4v) is 2.63.